The van der Waals surface area contributed by atoms with E-state index in [4.69, 9.17) is 14.2 Å². The van der Waals surface area contributed by atoms with Crippen LogP contribution in [-0.2, 0) is 11.2 Å². The number of unbranched alkanes of at least 4 members (excludes halogenated alkanes) is 1. The van der Waals surface area contributed by atoms with E-state index in [1.807, 2.05) is 32.9 Å². The molecule has 0 amide bonds. The standard InChI is InChI=1S/C23H34F3NO4/c1-22(2,3)31-21-14-27-9-7-15-11-20(30-10-6-5-8-23(24,25)26)19(29-4)12-16(15)17(27)13-18(21)28/h11-12,17-18,21,28H,5-10,13-14H2,1-4H3/t17-,18-,21-/m1/s1. The molecule has 0 aliphatic carbocycles. The molecule has 1 N–H and O–H groups in total. The van der Waals surface area contributed by atoms with Crippen molar-refractivity contribution in [2.45, 2.75) is 82.9 Å². The molecule has 1 fully saturated rings. The minimum atomic E-state index is -4.13. The van der Waals surface area contributed by atoms with E-state index in [2.05, 4.69) is 4.90 Å². The first-order chi connectivity index (χ1) is 14.5. The zero-order chi connectivity index (χ0) is 22.8. The molecule has 0 radical (unpaired) electrons. The van der Waals surface area contributed by atoms with Gasteiger partial charge in [-0.3, -0.25) is 4.90 Å². The third-order valence-corrected chi connectivity index (χ3v) is 5.82. The highest BCUT2D eigenvalue weighted by atomic mass is 19.4. The van der Waals surface area contributed by atoms with E-state index in [0.29, 0.717) is 30.9 Å². The number of aliphatic hydroxyl groups excluding tert-OH is 1. The van der Waals surface area contributed by atoms with Crippen LogP contribution in [0.15, 0.2) is 12.1 Å². The molecule has 2 aliphatic heterocycles. The van der Waals surface area contributed by atoms with Crippen molar-refractivity contribution >= 4 is 0 Å². The number of alkyl halides is 3. The molecule has 2 heterocycles. The van der Waals surface area contributed by atoms with Crippen LogP contribution < -0.4 is 9.47 Å². The Morgan fingerprint density at radius 1 is 1.13 bits per heavy atom. The number of ether oxygens (including phenoxy) is 3. The van der Waals surface area contributed by atoms with Gasteiger partial charge >= 0.3 is 6.18 Å². The summed E-state index contributed by atoms with van der Waals surface area (Å²) in [7, 11) is 1.56. The molecule has 0 unspecified atom stereocenters. The summed E-state index contributed by atoms with van der Waals surface area (Å²) >= 11 is 0. The average molecular weight is 446 g/mol. The van der Waals surface area contributed by atoms with Gasteiger partial charge < -0.3 is 19.3 Å². The van der Waals surface area contributed by atoms with Crippen molar-refractivity contribution in [3.05, 3.63) is 23.3 Å². The first-order valence-corrected chi connectivity index (χ1v) is 11.0. The van der Waals surface area contributed by atoms with Crippen LogP contribution in [0.25, 0.3) is 0 Å². The highest BCUT2D eigenvalue weighted by Gasteiger charge is 2.40. The molecule has 31 heavy (non-hydrogen) atoms. The molecule has 0 saturated carbocycles. The highest BCUT2D eigenvalue weighted by molar-refractivity contribution is 5.49. The van der Waals surface area contributed by atoms with Gasteiger partial charge in [0.2, 0.25) is 0 Å². The minimum Gasteiger partial charge on any atom is -0.493 e. The number of benzene rings is 1. The third kappa shape index (κ3) is 6.49. The summed E-state index contributed by atoms with van der Waals surface area (Å²) in [6.45, 7) is 7.71. The number of fused-ring (bicyclic) bond motifs is 3. The van der Waals surface area contributed by atoms with Gasteiger partial charge in [-0.05, 0) is 69.7 Å². The highest BCUT2D eigenvalue weighted by Crippen LogP contribution is 2.42. The Hall–Kier alpha value is -1.51. The summed E-state index contributed by atoms with van der Waals surface area (Å²) in [4.78, 5) is 2.35. The largest absolute Gasteiger partial charge is 0.493 e. The maximum Gasteiger partial charge on any atom is 0.389 e. The van der Waals surface area contributed by atoms with Gasteiger partial charge in [0.1, 0.15) is 0 Å². The fraction of sp³-hybridized carbons (Fsp3) is 0.739. The van der Waals surface area contributed by atoms with Crippen molar-refractivity contribution < 1.29 is 32.5 Å². The van der Waals surface area contributed by atoms with Gasteiger partial charge in [-0.15, -0.1) is 0 Å². The molecule has 0 spiro atoms. The van der Waals surface area contributed by atoms with Crippen LogP contribution in [-0.4, -0.2) is 60.8 Å². The van der Waals surface area contributed by atoms with Crippen molar-refractivity contribution in [3.63, 3.8) is 0 Å². The fourth-order valence-corrected chi connectivity index (χ4v) is 4.44. The Labute approximate surface area is 182 Å². The van der Waals surface area contributed by atoms with Crippen LogP contribution in [0, 0.1) is 0 Å². The predicted octanol–water partition coefficient (Wildman–Crippen LogP) is 4.65. The summed E-state index contributed by atoms with van der Waals surface area (Å²) in [6.07, 6.45) is -3.91. The maximum atomic E-state index is 12.3. The van der Waals surface area contributed by atoms with Crippen LogP contribution in [0.5, 0.6) is 11.5 Å². The molecular weight excluding hydrogens is 411 g/mol. The molecule has 1 aromatic carbocycles. The van der Waals surface area contributed by atoms with Crippen molar-refractivity contribution in [1.82, 2.24) is 4.90 Å². The lowest BCUT2D eigenvalue weighted by Gasteiger charge is -2.46. The zero-order valence-corrected chi connectivity index (χ0v) is 18.8. The van der Waals surface area contributed by atoms with Crippen molar-refractivity contribution in [2.75, 3.05) is 26.8 Å². The summed E-state index contributed by atoms with van der Waals surface area (Å²) in [5, 5.41) is 10.7. The van der Waals surface area contributed by atoms with Crippen LogP contribution in [0.4, 0.5) is 13.2 Å². The molecule has 0 bridgehead atoms. The molecule has 1 aromatic rings. The summed E-state index contributed by atoms with van der Waals surface area (Å²) < 4.78 is 54.2. The van der Waals surface area contributed by atoms with Crippen LogP contribution in [0.1, 0.15) is 63.6 Å². The van der Waals surface area contributed by atoms with Gasteiger partial charge in [-0.1, -0.05) is 0 Å². The number of hydrogen-bond donors (Lipinski definition) is 1. The van der Waals surface area contributed by atoms with E-state index in [1.54, 1.807) is 7.11 Å². The Balaban J connectivity index is 1.68. The summed E-state index contributed by atoms with van der Waals surface area (Å²) in [5.74, 6) is 1.13. The monoisotopic (exact) mass is 445 g/mol. The van der Waals surface area contributed by atoms with Crippen LogP contribution in [0.3, 0.4) is 0 Å². The quantitative estimate of drug-likeness (QED) is 0.619. The first kappa shape index (κ1) is 24.1. The summed E-state index contributed by atoms with van der Waals surface area (Å²) in [5.41, 5.74) is 1.93. The molecule has 5 nitrogen and oxygen atoms in total. The number of rotatable bonds is 7. The zero-order valence-electron chi connectivity index (χ0n) is 18.8. The molecule has 3 rings (SSSR count). The first-order valence-electron chi connectivity index (χ1n) is 11.0. The Morgan fingerprint density at radius 3 is 2.52 bits per heavy atom. The smallest absolute Gasteiger partial charge is 0.389 e. The molecule has 3 atom stereocenters. The van der Waals surface area contributed by atoms with Crippen LogP contribution >= 0.6 is 0 Å². The molecule has 176 valence electrons. The number of halogens is 3. The third-order valence-electron chi connectivity index (χ3n) is 5.82. The molecule has 2 aliphatic rings. The second-order valence-electron chi connectivity index (χ2n) is 9.46. The number of nitrogens with zero attached hydrogens (tertiary/aromatic N) is 1. The Kier molecular flexibility index (Phi) is 7.43. The van der Waals surface area contributed by atoms with E-state index in [0.717, 1.165) is 24.1 Å². The maximum absolute atomic E-state index is 12.3. The van der Waals surface area contributed by atoms with Gasteiger partial charge in [-0.2, -0.15) is 13.2 Å². The lowest BCUT2D eigenvalue weighted by Crippen LogP contribution is -2.53. The minimum absolute atomic E-state index is 0.0451. The topological polar surface area (TPSA) is 51.2 Å². The van der Waals surface area contributed by atoms with E-state index in [-0.39, 0.29) is 30.8 Å². The van der Waals surface area contributed by atoms with E-state index in [9.17, 15) is 18.3 Å². The van der Waals surface area contributed by atoms with Gasteiger partial charge in [0.25, 0.3) is 0 Å². The van der Waals surface area contributed by atoms with Gasteiger partial charge in [0.05, 0.1) is 31.5 Å². The van der Waals surface area contributed by atoms with E-state index in [1.165, 1.54) is 0 Å². The normalized spacial score (nSPS) is 24.5. The second kappa shape index (κ2) is 9.55. The summed E-state index contributed by atoms with van der Waals surface area (Å²) in [6, 6.07) is 3.97. The number of aliphatic hydroxyl groups is 1. The second-order valence-corrected chi connectivity index (χ2v) is 9.46. The molecule has 8 heteroatoms. The number of piperidine rings is 1. The van der Waals surface area contributed by atoms with Gasteiger partial charge in [0, 0.05) is 25.6 Å². The lowest BCUT2D eigenvalue weighted by atomic mass is 9.84. The SMILES string of the molecule is COc1cc2c(cc1OCCCCC(F)(F)F)CCN1C[C@@H](OC(C)(C)C)[C@H](O)C[C@H]21. The Morgan fingerprint density at radius 2 is 1.87 bits per heavy atom. The van der Waals surface area contributed by atoms with E-state index >= 15 is 0 Å². The average Bonchev–Trinajstić information content (AvgIpc) is 2.66. The molecular formula is C23H34F3NO4. The van der Waals surface area contributed by atoms with Gasteiger partial charge in [-0.25, -0.2) is 0 Å². The van der Waals surface area contributed by atoms with E-state index < -0.39 is 18.7 Å². The van der Waals surface area contributed by atoms with Crippen molar-refractivity contribution in [1.29, 1.82) is 0 Å². The number of hydrogen-bond acceptors (Lipinski definition) is 5. The lowest BCUT2D eigenvalue weighted by molar-refractivity contribution is -0.149. The number of methoxy groups -OCH3 is 1. The molecule has 1 saturated heterocycles. The van der Waals surface area contributed by atoms with Gasteiger partial charge in [0.15, 0.2) is 11.5 Å². The van der Waals surface area contributed by atoms with Crippen LogP contribution in [0.2, 0.25) is 0 Å². The van der Waals surface area contributed by atoms with Crippen molar-refractivity contribution in [2.24, 2.45) is 0 Å². The fourth-order valence-electron chi connectivity index (χ4n) is 4.44. The molecule has 0 aromatic heterocycles. The van der Waals surface area contributed by atoms with Crippen molar-refractivity contribution in [3.8, 4) is 11.5 Å². The Bertz CT molecular complexity index is 748. The predicted molar refractivity (Wildman–Crippen MR) is 112 cm³/mol.